The molecule has 0 unspecified atom stereocenters. The van der Waals surface area contributed by atoms with Crippen molar-refractivity contribution in [3.05, 3.63) is 35.9 Å². The lowest BCUT2D eigenvalue weighted by atomic mass is 10.1. The van der Waals surface area contributed by atoms with E-state index in [1.807, 2.05) is 0 Å². The van der Waals surface area contributed by atoms with Crippen LogP contribution in [0.5, 0.6) is 0 Å². The van der Waals surface area contributed by atoms with Crippen molar-refractivity contribution in [2.45, 2.75) is 20.0 Å². The molecule has 0 aliphatic carbocycles. The fourth-order valence-corrected chi connectivity index (χ4v) is 1.83. The van der Waals surface area contributed by atoms with Gasteiger partial charge in [0.05, 0.1) is 5.75 Å². The number of hydrogen-bond acceptors (Lipinski definition) is 4. The van der Waals surface area contributed by atoms with Crippen LogP contribution < -0.4 is 0 Å². The fraction of sp³-hybridized carbons (Fsp3) is 0.364. The molecule has 0 heterocycles. The second kappa shape index (κ2) is 5.23. The number of benzene rings is 1. The van der Waals surface area contributed by atoms with Crippen LogP contribution in [0, 0.1) is 0 Å². The highest BCUT2D eigenvalue weighted by atomic mass is 32.2. The Morgan fingerprint density at radius 3 is 2.38 bits per heavy atom. The fourth-order valence-electron chi connectivity index (χ4n) is 1.17. The maximum atomic E-state index is 11.7. The van der Waals surface area contributed by atoms with Crippen molar-refractivity contribution in [1.82, 2.24) is 0 Å². The number of ketones is 1. The van der Waals surface area contributed by atoms with Crippen LogP contribution in [0.25, 0.3) is 0 Å². The van der Waals surface area contributed by atoms with E-state index in [-0.39, 0.29) is 11.5 Å². The van der Waals surface area contributed by atoms with Gasteiger partial charge in [0.1, 0.15) is 6.10 Å². The maximum absolute atomic E-state index is 11.7. The summed E-state index contributed by atoms with van der Waals surface area (Å²) in [6, 6.07) is 8.47. The van der Waals surface area contributed by atoms with Crippen LogP contribution in [-0.4, -0.2) is 26.1 Å². The Balaban J connectivity index is 2.77. The van der Waals surface area contributed by atoms with Crippen LogP contribution in [0.1, 0.15) is 24.2 Å². The van der Waals surface area contributed by atoms with Gasteiger partial charge < -0.3 is 0 Å². The van der Waals surface area contributed by atoms with Crippen molar-refractivity contribution >= 4 is 15.9 Å². The van der Waals surface area contributed by atoms with Crippen molar-refractivity contribution in [2.24, 2.45) is 0 Å². The first kappa shape index (κ1) is 12.9. The molecule has 0 N–H and O–H groups in total. The Morgan fingerprint density at radius 2 is 1.88 bits per heavy atom. The highest BCUT2D eigenvalue weighted by molar-refractivity contribution is 7.86. The van der Waals surface area contributed by atoms with Gasteiger partial charge in [0, 0.05) is 5.56 Å². The van der Waals surface area contributed by atoms with E-state index in [0.717, 1.165) is 0 Å². The molecular formula is C11H14O4S. The summed E-state index contributed by atoms with van der Waals surface area (Å²) in [5.74, 6) is -0.475. The zero-order valence-electron chi connectivity index (χ0n) is 9.21. The Kier molecular flexibility index (Phi) is 4.20. The van der Waals surface area contributed by atoms with E-state index in [1.165, 1.54) is 13.8 Å². The minimum atomic E-state index is -3.59. The van der Waals surface area contributed by atoms with E-state index in [9.17, 15) is 13.2 Å². The maximum Gasteiger partial charge on any atom is 0.267 e. The van der Waals surface area contributed by atoms with Gasteiger partial charge in [0.15, 0.2) is 5.78 Å². The Bertz CT molecular complexity index is 450. The van der Waals surface area contributed by atoms with Gasteiger partial charge in [-0.05, 0) is 13.8 Å². The Morgan fingerprint density at radius 1 is 1.31 bits per heavy atom. The van der Waals surface area contributed by atoms with Gasteiger partial charge in [-0.1, -0.05) is 30.3 Å². The molecule has 4 nitrogen and oxygen atoms in total. The molecule has 0 aromatic heterocycles. The van der Waals surface area contributed by atoms with E-state index in [1.54, 1.807) is 30.3 Å². The lowest BCUT2D eigenvalue weighted by molar-refractivity contribution is 0.0826. The van der Waals surface area contributed by atoms with Crippen LogP contribution in [0.3, 0.4) is 0 Å². The van der Waals surface area contributed by atoms with Gasteiger partial charge in [-0.3, -0.25) is 8.98 Å². The van der Waals surface area contributed by atoms with Gasteiger partial charge in [-0.2, -0.15) is 8.42 Å². The normalized spacial score (nSPS) is 13.4. The van der Waals surface area contributed by atoms with Crippen molar-refractivity contribution < 1.29 is 17.4 Å². The van der Waals surface area contributed by atoms with Gasteiger partial charge in [-0.25, -0.2) is 0 Å². The van der Waals surface area contributed by atoms with Crippen molar-refractivity contribution in [2.75, 3.05) is 5.75 Å². The van der Waals surface area contributed by atoms with Crippen LogP contribution >= 0.6 is 0 Å². The van der Waals surface area contributed by atoms with Crippen molar-refractivity contribution in [3.63, 3.8) is 0 Å². The minimum Gasteiger partial charge on any atom is -0.291 e. The first-order valence-corrected chi connectivity index (χ1v) is 6.54. The Hall–Kier alpha value is -1.20. The molecule has 0 bridgehead atoms. The second-order valence-electron chi connectivity index (χ2n) is 3.32. The van der Waals surface area contributed by atoms with E-state index in [2.05, 4.69) is 0 Å². The molecule has 0 saturated heterocycles. The van der Waals surface area contributed by atoms with Gasteiger partial charge in [0.2, 0.25) is 0 Å². The number of hydrogen-bond donors (Lipinski definition) is 0. The molecule has 0 aliphatic rings. The predicted molar refractivity (Wildman–Crippen MR) is 60.8 cm³/mol. The number of carbonyl (C=O) groups excluding carboxylic acids is 1. The lowest BCUT2D eigenvalue weighted by Gasteiger charge is -2.10. The van der Waals surface area contributed by atoms with E-state index in [4.69, 9.17) is 4.18 Å². The molecule has 0 aliphatic heterocycles. The smallest absolute Gasteiger partial charge is 0.267 e. The first-order valence-electron chi connectivity index (χ1n) is 4.96. The van der Waals surface area contributed by atoms with E-state index >= 15 is 0 Å². The van der Waals surface area contributed by atoms with Crippen LogP contribution in [-0.2, 0) is 14.3 Å². The lowest BCUT2D eigenvalue weighted by Crippen LogP contribution is -2.25. The largest absolute Gasteiger partial charge is 0.291 e. The molecule has 5 heteroatoms. The SMILES string of the molecule is CCS(=O)(=O)O[C@H](C)C(=O)c1ccccc1. The summed E-state index contributed by atoms with van der Waals surface area (Å²) in [5.41, 5.74) is 0.446. The molecule has 0 radical (unpaired) electrons. The zero-order valence-corrected chi connectivity index (χ0v) is 10.0. The third kappa shape index (κ3) is 3.43. The molecule has 88 valence electrons. The summed E-state index contributed by atoms with van der Waals surface area (Å²) in [7, 11) is -3.59. The highest BCUT2D eigenvalue weighted by Crippen LogP contribution is 2.08. The van der Waals surface area contributed by atoms with Gasteiger partial charge >= 0.3 is 0 Å². The molecule has 0 amide bonds. The average Bonchev–Trinajstić information content (AvgIpc) is 2.28. The summed E-state index contributed by atoms with van der Waals surface area (Å²) >= 11 is 0. The summed E-state index contributed by atoms with van der Waals surface area (Å²) in [6.07, 6.45) is -0.979. The Labute approximate surface area is 95.4 Å². The predicted octanol–water partition coefficient (Wildman–Crippen LogP) is 1.62. The monoisotopic (exact) mass is 242 g/mol. The standard InChI is InChI=1S/C11H14O4S/c1-3-16(13,14)15-9(2)11(12)10-7-5-4-6-8-10/h4-9H,3H2,1-2H3/t9-/m1/s1. The van der Waals surface area contributed by atoms with Gasteiger partial charge in [0.25, 0.3) is 10.1 Å². The topological polar surface area (TPSA) is 60.4 Å². The first-order chi connectivity index (χ1) is 7.46. The molecule has 1 aromatic carbocycles. The summed E-state index contributed by atoms with van der Waals surface area (Å²) in [6.45, 7) is 2.90. The molecular weight excluding hydrogens is 228 g/mol. The van der Waals surface area contributed by atoms with E-state index < -0.39 is 16.2 Å². The molecule has 0 fully saturated rings. The van der Waals surface area contributed by atoms with Crippen molar-refractivity contribution in [1.29, 1.82) is 0 Å². The third-order valence-corrected chi connectivity index (χ3v) is 3.36. The molecule has 1 rings (SSSR count). The van der Waals surface area contributed by atoms with Crippen LogP contribution in [0.4, 0.5) is 0 Å². The van der Waals surface area contributed by atoms with Crippen LogP contribution in [0.15, 0.2) is 30.3 Å². The highest BCUT2D eigenvalue weighted by Gasteiger charge is 2.21. The third-order valence-electron chi connectivity index (χ3n) is 2.07. The second-order valence-corrected chi connectivity index (χ2v) is 5.20. The molecule has 1 aromatic rings. The summed E-state index contributed by atoms with van der Waals surface area (Å²) in [5, 5.41) is 0. The molecule has 0 saturated carbocycles. The zero-order chi connectivity index (χ0) is 12.2. The van der Waals surface area contributed by atoms with E-state index in [0.29, 0.717) is 5.56 Å². The van der Waals surface area contributed by atoms with Crippen molar-refractivity contribution in [3.8, 4) is 0 Å². The number of rotatable bonds is 5. The van der Waals surface area contributed by atoms with Crippen LogP contribution in [0.2, 0.25) is 0 Å². The summed E-state index contributed by atoms with van der Waals surface area (Å²) < 4.78 is 27.1. The molecule has 16 heavy (non-hydrogen) atoms. The number of carbonyl (C=O) groups is 1. The molecule has 0 spiro atoms. The minimum absolute atomic E-state index is 0.139. The van der Waals surface area contributed by atoms with Gasteiger partial charge in [-0.15, -0.1) is 0 Å². The average molecular weight is 242 g/mol. The molecule has 1 atom stereocenters. The quantitative estimate of drug-likeness (QED) is 0.581. The summed E-state index contributed by atoms with van der Waals surface area (Å²) in [4.78, 5) is 11.7. The number of Topliss-reactive ketones (excluding diaryl/α,β-unsaturated/α-hetero) is 1.